The van der Waals surface area contributed by atoms with Gasteiger partial charge in [0.2, 0.25) is 5.72 Å². The molecule has 1 heterocycles. The second-order valence-electron chi connectivity index (χ2n) is 4.56. The number of nitrogens with two attached hydrogens (primary N) is 1. The zero-order chi connectivity index (χ0) is 15.6. The van der Waals surface area contributed by atoms with Gasteiger partial charge in [-0.3, -0.25) is 5.73 Å². The molecular formula is C13H24N4O4. The highest BCUT2D eigenvalue weighted by Gasteiger charge is 2.38. The molecule has 0 fully saturated rings. The Kier molecular flexibility index (Phi) is 7.88. The van der Waals surface area contributed by atoms with Gasteiger partial charge in [-0.15, -0.1) is 0 Å². The summed E-state index contributed by atoms with van der Waals surface area (Å²) in [4.78, 5) is 12.0. The van der Waals surface area contributed by atoms with Gasteiger partial charge in [0.25, 0.3) is 0 Å². The number of ether oxygens (including phenoxy) is 3. The van der Waals surface area contributed by atoms with Crippen molar-refractivity contribution >= 4 is 5.97 Å². The molecule has 0 aliphatic carbocycles. The minimum absolute atomic E-state index is 0.0806. The van der Waals surface area contributed by atoms with Gasteiger partial charge in [0.05, 0.1) is 31.7 Å². The van der Waals surface area contributed by atoms with Crippen LogP contribution in [0.1, 0.15) is 32.4 Å². The van der Waals surface area contributed by atoms with Crippen molar-refractivity contribution in [2.24, 2.45) is 5.73 Å². The van der Waals surface area contributed by atoms with Crippen molar-refractivity contribution < 1.29 is 19.0 Å². The van der Waals surface area contributed by atoms with Crippen molar-refractivity contribution in [3.05, 3.63) is 11.9 Å². The summed E-state index contributed by atoms with van der Waals surface area (Å²) in [7, 11) is 0. The second kappa shape index (κ2) is 9.43. The molecule has 21 heavy (non-hydrogen) atoms. The summed E-state index contributed by atoms with van der Waals surface area (Å²) < 4.78 is 15.8. The third-order valence-corrected chi connectivity index (χ3v) is 2.76. The average molecular weight is 300 g/mol. The SMILES string of the molecule is CCCCOCCOC(N)(Cc1cn[nH]n1)C(=O)OCC. The number of nitrogens with one attached hydrogen (secondary N) is 1. The Hall–Kier alpha value is -1.51. The number of aromatic nitrogens is 3. The maximum absolute atomic E-state index is 12.0. The van der Waals surface area contributed by atoms with Crippen molar-refractivity contribution in [2.45, 2.75) is 38.8 Å². The molecule has 120 valence electrons. The molecule has 0 radical (unpaired) electrons. The molecule has 1 aromatic rings. The number of nitrogens with zero attached hydrogens (tertiary/aromatic N) is 2. The van der Waals surface area contributed by atoms with Gasteiger partial charge in [-0.2, -0.15) is 15.4 Å². The molecule has 8 nitrogen and oxygen atoms in total. The molecule has 0 amide bonds. The van der Waals surface area contributed by atoms with E-state index in [-0.39, 0.29) is 19.6 Å². The Morgan fingerprint density at radius 1 is 1.38 bits per heavy atom. The number of unbranched alkanes of at least 4 members (excludes halogenated alkanes) is 1. The molecule has 0 bridgehead atoms. The van der Waals surface area contributed by atoms with E-state index in [0.717, 1.165) is 12.8 Å². The zero-order valence-electron chi connectivity index (χ0n) is 12.6. The van der Waals surface area contributed by atoms with E-state index in [1.807, 2.05) is 0 Å². The topological polar surface area (TPSA) is 112 Å². The van der Waals surface area contributed by atoms with Crippen LogP contribution in [-0.4, -0.2) is 53.5 Å². The second-order valence-corrected chi connectivity index (χ2v) is 4.56. The van der Waals surface area contributed by atoms with Crippen molar-refractivity contribution in [1.82, 2.24) is 15.4 Å². The summed E-state index contributed by atoms with van der Waals surface area (Å²) in [5, 5.41) is 10.0. The standard InChI is InChI=1S/C13H24N4O4/c1-3-5-6-19-7-8-21-13(14,12(18)20-4-2)9-11-10-15-17-16-11/h10H,3-9,14H2,1-2H3,(H,15,16,17). The number of rotatable bonds is 11. The molecule has 1 atom stereocenters. The molecule has 0 saturated heterocycles. The van der Waals surface area contributed by atoms with E-state index in [1.54, 1.807) is 6.92 Å². The van der Waals surface area contributed by atoms with Gasteiger partial charge in [0.15, 0.2) is 0 Å². The van der Waals surface area contributed by atoms with Crippen molar-refractivity contribution in [1.29, 1.82) is 0 Å². The van der Waals surface area contributed by atoms with Gasteiger partial charge in [0.1, 0.15) is 0 Å². The van der Waals surface area contributed by atoms with Gasteiger partial charge in [-0.1, -0.05) is 13.3 Å². The largest absolute Gasteiger partial charge is 0.463 e. The van der Waals surface area contributed by atoms with Gasteiger partial charge >= 0.3 is 5.97 Å². The molecule has 3 N–H and O–H groups in total. The molecule has 1 rings (SSSR count). The lowest BCUT2D eigenvalue weighted by molar-refractivity contribution is -0.173. The lowest BCUT2D eigenvalue weighted by atomic mass is 10.1. The Balaban J connectivity index is 2.49. The van der Waals surface area contributed by atoms with E-state index >= 15 is 0 Å². The van der Waals surface area contributed by atoms with Crippen molar-refractivity contribution in [3.8, 4) is 0 Å². The summed E-state index contributed by atoms with van der Waals surface area (Å²) in [5.74, 6) is -0.624. The number of carbonyl (C=O) groups excluding carboxylic acids is 1. The van der Waals surface area contributed by atoms with Gasteiger partial charge in [0, 0.05) is 13.0 Å². The molecule has 0 aromatic carbocycles. The third kappa shape index (κ3) is 6.19. The van der Waals surface area contributed by atoms with Gasteiger partial charge < -0.3 is 14.2 Å². The number of carbonyl (C=O) groups is 1. The fourth-order valence-corrected chi connectivity index (χ4v) is 1.65. The molecule has 1 unspecified atom stereocenters. The molecule has 1 aromatic heterocycles. The van der Waals surface area contributed by atoms with E-state index in [1.165, 1.54) is 6.20 Å². The van der Waals surface area contributed by atoms with E-state index in [2.05, 4.69) is 22.3 Å². The van der Waals surface area contributed by atoms with Crippen LogP contribution in [0.4, 0.5) is 0 Å². The van der Waals surface area contributed by atoms with Crippen LogP contribution in [0.3, 0.4) is 0 Å². The molecule has 0 spiro atoms. The average Bonchev–Trinajstić information content (AvgIpc) is 2.95. The fourth-order valence-electron chi connectivity index (χ4n) is 1.65. The van der Waals surface area contributed by atoms with E-state index < -0.39 is 11.7 Å². The number of hydrogen-bond donors (Lipinski definition) is 2. The Labute approximate surface area is 124 Å². The summed E-state index contributed by atoms with van der Waals surface area (Å²) in [6, 6.07) is 0. The first-order valence-electron chi connectivity index (χ1n) is 7.14. The van der Waals surface area contributed by atoms with Gasteiger partial charge in [-0.05, 0) is 13.3 Å². The highest BCUT2D eigenvalue weighted by molar-refractivity contribution is 5.79. The maximum atomic E-state index is 12.0. The zero-order valence-corrected chi connectivity index (χ0v) is 12.6. The van der Waals surface area contributed by atoms with Crippen molar-refractivity contribution in [2.75, 3.05) is 26.4 Å². The minimum atomic E-state index is -1.58. The number of H-pyrrole nitrogens is 1. The lowest BCUT2D eigenvalue weighted by Gasteiger charge is -2.26. The first kappa shape index (κ1) is 17.5. The molecule has 0 saturated carbocycles. The summed E-state index contributed by atoms with van der Waals surface area (Å²) in [6.07, 6.45) is 3.63. The summed E-state index contributed by atoms with van der Waals surface area (Å²) in [5.41, 5.74) is 4.97. The predicted octanol–water partition coefficient (Wildman–Crippen LogP) is 0.399. The van der Waals surface area contributed by atoms with E-state index in [4.69, 9.17) is 19.9 Å². The highest BCUT2D eigenvalue weighted by atomic mass is 16.6. The van der Waals surface area contributed by atoms with E-state index in [9.17, 15) is 4.79 Å². The number of aromatic amines is 1. The minimum Gasteiger partial charge on any atom is -0.463 e. The lowest BCUT2D eigenvalue weighted by Crippen LogP contribution is -2.54. The Bertz CT molecular complexity index is 399. The first-order chi connectivity index (χ1) is 10.1. The number of esters is 1. The Morgan fingerprint density at radius 3 is 2.81 bits per heavy atom. The van der Waals surface area contributed by atoms with Crippen LogP contribution in [-0.2, 0) is 25.4 Å². The monoisotopic (exact) mass is 300 g/mol. The highest BCUT2D eigenvalue weighted by Crippen LogP contribution is 2.13. The van der Waals surface area contributed by atoms with Crippen LogP contribution in [0, 0.1) is 0 Å². The first-order valence-corrected chi connectivity index (χ1v) is 7.14. The Morgan fingerprint density at radius 2 is 2.19 bits per heavy atom. The smallest absolute Gasteiger partial charge is 0.354 e. The van der Waals surface area contributed by atoms with Gasteiger partial charge in [-0.25, -0.2) is 4.79 Å². The molecule has 0 aliphatic heterocycles. The van der Waals surface area contributed by atoms with Crippen LogP contribution in [0.2, 0.25) is 0 Å². The molecule has 8 heteroatoms. The number of hydrogen-bond acceptors (Lipinski definition) is 7. The quantitative estimate of drug-likeness (QED) is 0.345. The van der Waals surface area contributed by atoms with Crippen LogP contribution in [0.25, 0.3) is 0 Å². The molecular weight excluding hydrogens is 276 g/mol. The van der Waals surface area contributed by atoms with Crippen molar-refractivity contribution in [3.63, 3.8) is 0 Å². The van der Waals surface area contributed by atoms with Crippen LogP contribution >= 0.6 is 0 Å². The normalized spacial score (nSPS) is 13.9. The third-order valence-electron chi connectivity index (χ3n) is 2.76. The fraction of sp³-hybridized carbons (Fsp3) is 0.769. The predicted molar refractivity (Wildman–Crippen MR) is 75.3 cm³/mol. The summed E-state index contributed by atoms with van der Waals surface area (Å²) in [6.45, 7) is 5.27. The van der Waals surface area contributed by atoms with Crippen LogP contribution < -0.4 is 5.73 Å². The van der Waals surface area contributed by atoms with E-state index in [0.29, 0.717) is 18.9 Å². The van der Waals surface area contributed by atoms with Crippen LogP contribution in [0.15, 0.2) is 6.20 Å². The van der Waals surface area contributed by atoms with Crippen LogP contribution in [0.5, 0.6) is 0 Å². The maximum Gasteiger partial charge on any atom is 0.354 e. The molecule has 0 aliphatic rings. The summed E-state index contributed by atoms with van der Waals surface area (Å²) >= 11 is 0.